The Morgan fingerprint density at radius 1 is 1.00 bits per heavy atom. The number of piperidine rings is 1. The summed E-state index contributed by atoms with van der Waals surface area (Å²) < 4.78 is 52.8. The van der Waals surface area contributed by atoms with E-state index in [4.69, 9.17) is 0 Å². The molecule has 2 heterocycles. The van der Waals surface area contributed by atoms with Crippen molar-refractivity contribution in [1.29, 1.82) is 0 Å². The number of nitro groups is 1. The van der Waals surface area contributed by atoms with Gasteiger partial charge in [0, 0.05) is 69.2 Å². The predicted molar refractivity (Wildman–Crippen MR) is 136 cm³/mol. The Kier molecular flexibility index (Phi) is 8.70. The highest BCUT2D eigenvalue weighted by atomic mass is 19.4. The van der Waals surface area contributed by atoms with Crippen molar-refractivity contribution in [2.45, 2.75) is 37.9 Å². The SMILES string of the molecule is O=C(CCCN1CCN(c2ccc(F)cc2)CC1)N1CCC(Nc2ccc([N+](=O)[O-])c(C(F)(F)F)c2)CC1. The van der Waals surface area contributed by atoms with Gasteiger partial charge < -0.3 is 15.1 Å². The normalized spacial score (nSPS) is 17.5. The molecule has 0 radical (unpaired) electrons. The Labute approximate surface area is 218 Å². The maximum atomic E-state index is 13.2. The lowest BCUT2D eigenvalue weighted by atomic mass is 10.0. The van der Waals surface area contributed by atoms with Crippen LogP contribution in [-0.4, -0.2) is 72.5 Å². The average Bonchev–Trinajstić information content (AvgIpc) is 2.89. The molecule has 0 aromatic heterocycles. The van der Waals surface area contributed by atoms with Crippen LogP contribution < -0.4 is 10.2 Å². The maximum Gasteiger partial charge on any atom is 0.423 e. The third kappa shape index (κ3) is 7.12. The van der Waals surface area contributed by atoms with Crippen molar-refractivity contribution >= 4 is 23.0 Å². The number of rotatable bonds is 8. The monoisotopic (exact) mass is 537 g/mol. The Hall–Kier alpha value is -3.41. The van der Waals surface area contributed by atoms with Gasteiger partial charge in [-0.25, -0.2) is 4.39 Å². The van der Waals surface area contributed by atoms with Crippen molar-refractivity contribution in [1.82, 2.24) is 9.80 Å². The van der Waals surface area contributed by atoms with E-state index in [0.29, 0.717) is 32.4 Å². The fourth-order valence-electron chi connectivity index (χ4n) is 5.01. The molecule has 2 saturated heterocycles. The molecule has 2 aliphatic heterocycles. The highest BCUT2D eigenvalue weighted by molar-refractivity contribution is 5.76. The summed E-state index contributed by atoms with van der Waals surface area (Å²) in [5, 5.41) is 14.0. The molecular weight excluding hydrogens is 506 g/mol. The molecule has 8 nitrogen and oxygen atoms in total. The Bertz CT molecular complexity index is 1110. The van der Waals surface area contributed by atoms with Crippen molar-refractivity contribution < 1.29 is 27.3 Å². The minimum absolute atomic E-state index is 0.0723. The van der Waals surface area contributed by atoms with Crippen LogP contribution in [0.15, 0.2) is 42.5 Å². The number of benzene rings is 2. The molecule has 0 aliphatic carbocycles. The van der Waals surface area contributed by atoms with E-state index in [9.17, 15) is 32.5 Å². The van der Waals surface area contributed by atoms with Crippen LogP contribution in [0.5, 0.6) is 0 Å². The molecule has 1 amide bonds. The van der Waals surface area contributed by atoms with Crippen LogP contribution in [0.4, 0.5) is 34.6 Å². The summed E-state index contributed by atoms with van der Waals surface area (Å²) in [6.45, 7) is 5.28. The second-order valence-corrected chi connectivity index (χ2v) is 9.69. The second-order valence-electron chi connectivity index (χ2n) is 9.69. The number of alkyl halides is 3. The van der Waals surface area contributed by atoms with Crippen molar-refractivity contribution in [3.63, 3.8) is 0 Å². The highest BCUT2D eigenvalue weighted by Gasteiger charge is 2.38. The summed E-state index contributed by atoms with van der Waals surface area (Å²) in [6, 6.07) is 9.30. The van der Waals surface area contributed by atoms with Crippen LogP contribution in [0.3, 0.4) is 0 Å². The van der Waals surface area contributed by atoms with Crippen molar-refractivity contribution in [2.75, 3.05) is 56.0 Å². The molecule has 0 bridgehead atoms. The number of halogens is 4. The lowest BCUT2D eigenvalue weighted by Crippen LogP contribution is -2.47. The zero-order valence-electron chi connectivity index (χ0n) is 20.9. The number of nitrogens with one attached hydrogen (secondary N) is 1. The molecule has 2 aliphatic rings. The molecule has 2 fully saturated rings. The first kappa shape index (κ1) is 27.6. The number of hydrogen-bond donors (Lipinski definition) is 1. The summed E-state index contributed by atoms with van der Waals surface area (Å²) in [4.78, 5) is 28.9. The fourth-order valence-corrected chi connectivity index (χ4v) is 5.01. The van der Waals surface area contributed by atoms with Gasteiger partial charge >= 0.3 is 6.18 Å². The van der Waals surface area contributed by atoms with Crippen molar-refractivity contribution in [2.24, 2.45) is 0 Å². The minimum Gasteiger partial charge on any atom is -0.382 e. The number of anilines is 2. The maximum absolute atomic E-state index is 13.2. The van der Waals surface area contributed by atoms with Gasteiger partial charge in [0.25, 0.3) is 5.69 Å². The van der Waals surface area contributed by atoms with Crippen LogP contribution in [0.1, 0.15) is 31.2 Å². The van der Waals surface area contributed by atoms with Crippen LogP contribution >= 0.6 is 0 Å². The number of hydrogen-bond acceptors (Lipinski definition) is 6. The Morgan fingerprint density at radius 3 is 2.26 bits per heavy atom. The number of nitrogens with zero attached hydrogens (tertiary/aromatic N) is 4. The highest BCUT2D eigenvalue weighted by Crippen LogP contribution is 2.38. The summed E-state index contributed by atoms with van der Waals surface area (Å²) in [5.41, 5.74) is -1.07. The topological polar surface area (TPSA) is 82.0 Å². The van der Waals surface area contributed by atoms with E-state index in [1.165, 1.54) is 18.2 Å². The molecular formula is C26H31F4N5O3. The summed E-state index contributed by atoms with van der Waals surface area (Å²) >= 11 is 0. The van der Waals surface area contributed by atoms with Gasteiger partial charge in [-0.3, -0.25) is 19.8 Å². The van der Waals surface area contributed by atoms with Gasteiger partial charge in [0.1, 0.15) is 11.4 Å². The van der Waals surface area contributed by atoms with E-state index in [1.807, 2.05) is 0 Å². The third-order valence-corrected chi connectivity index (χ3v) is 7.15. The number of likely N-dealkylation sites (tertiary alicyclic amines) is 1. The summed E-state index contributed by atoms with van der Waals surface area (Å²) in [5.74, 6) is -0.176. The Morgan fingerprint density at radius 2 is 1.66 bits per heavy atom. The quantitative estimate of drug-likeness (QED) is 0.297. The fraction of sp³-hybridized carbons (Fsp3) is 0.500. The summed E-state index contributed by atoms with van der Waals surface area (Å²) in [7, 11) is 0. The van der Waals surface area contributed by atoms with Crippen molar-refractivity contribution in [3.8, 4) is 0 Å². The number of amides is 1. The number of piperazine rings is 1. The van der Waals surface area contributed by atoms with E-state index in [2.05, 4.69) is 15.1 Å². The molecule has 12 heteroatoms. The number of carbonyl (C=O) groups is 1. The molecule has 2 aromatic rings. The molecule has 0 unspecified atom stereocenters. The van der Waals surface area contributed by atoms with Crippen molar-refractivity contribution in [3.05, 3.63) is 64.0 Å². The molecule has 38 heavy (non-hydrogen) atoms. The lowest BCUT2D eigenvalue weighted by Gasteiger charge is -2.36. The largest absolute Gasteiger partial charge is 0.423 e. The first-order chi connectivity index (χ1) is 18.1. The zero-order valence-corrected chi connectivity index (χ0v) is 20.9. The zero-order chi connectivity index (χ0) is 27.3. The van der Waals surface area contributed by atoms with Crippen LogP contribution in [0.25, 0.3) is 0 Å². The molecule has 4 rings (SSSR count). The van der Waals surface area contributed by atoms with E-state index < -0.39 is 22.4 Å². The molecule has 0 atom stereocenters. The second kappa shape index (κ2) is 12.0. The minimum atomic E-state index is -4.83. The Balaban J connectivity index is 1.17. The van der Waals surface area contributed by atoms with Gasteiger partial charge in [-0.2, -0.15) is 13.2 Å². The van der Waals surface area contributed by atoms with Crippen LogP contribution in [0.2, 0.25) is 0 Å². The summed E-state index contributed by atoms with van der Waals surface area (Å²) in [6.07, 6.45) is -2.49. The first-order valence-corrected chi connectivity index (χ1v) is 12.7. The third-order valence-electron chi connectivity index (χ3n) is 7.15. The first-order valence-electron chi connectivity index (χ1n) is 12.7. The van der Waals surface area contributed by atoms with Gasteiger partial charge in [0.2, 0.25) is 5.91 Å². The van der Waals surface area contributed by atoms with Gasteiger partial charge in [-0.1, -0.05) is 0 Å². The van der Waals surface area contributed by atoms with Gasteiger partial charge in [-0.05, 0) is 62.2 Å². The molecule has 2 aromatic carbocycles. The number of nitro benzene ring substituents is 1. The smallest absolute Gasteiger partial charge is 0.382 e. The van der Waals surface area contributed by atoms with Gasteiger partial charge in [0.15, 0.2) is 0 Å². The molecule has 206 valence electrons. The van der Waals surface area contributed by atoms with E-state index in [1.54, 1.807) is 17.0 Å². The average molecular weight is 538 g/mol. The molecule has 0 spiro atoms. The van der Waals surface area contributed by atoms with Gasteiger partial charge in [0.05, 0.1) is 4.92 Å². The molecule has 0 saturated carbocycles. The van der Waals surface area contributed by atoms with Gasteiger partial charge in [-0.15, -0.1) is 0 Å². The number of carbonyl (C=O) groups excluding carboxylic acids is 1. The van der Waals surface area contributed by atoms with E-state index in [0.717, 1.165) is 57.0 Å². The lowest BCUT2D eigenvalue weighted by molar-refractivity contribution is -0.388. The van der Waals surface area contributed by atoms with E-state index in [-0.39, 0.29) is 23.5 Å². The standard InChI is InChI=1S/C26H31F4N5O3/c27-19-3-6-22(7-4-19)33-16-14-32(15-17-33)11-1-2-25(36)34-12-9-20(10-13-34)31-21-5-8-24(35(37)38)23(18-21)26(28,29)30/h3-8,18,20,31H,1-2,9-17H2. The predicted octanol–water partition coefficient (Wildman–Crippen LogP) is 4.76. The van der Waals surface area contributed by atoms with E-state index >= 15 is 0 Å². The van der Waals surface area contributed by atoms with Crippen LogP contribution in [0, 0.1) is 15.9 Å². The molecule has 1 N–H and O–H groups in total. The van der Waals surface area contributed by atoms with Crippen LogP contribution in [-0.2, 0) is 11.0 Å².